The summed E-state index contributed by atoms with van der Waals surface area (Å²) in [6.45, 7) is 6.27. The molecule has 0 radical (unpaired) electrons. The van der Waals surface area contributed by atoms with Crippen LogP contribution in [0.3, 0.4) is 0 Å². The highest BCUT2D eigenvalue weighted by molar-refractivity contribution is 5.29. The second-order valence-electron chi connectivity index (χ2n) is 6.18. The number of aryl methyl sites for hydroxylation is 1. The van der Waals surface area contributed by atoms with E-state index in [2.05, 4.69) is 13.8 Å². The van der Waals surface area contributed by atoms with Gasteiger partial charge in [0.05, 0.1) is 5.60 Å². The van der Waals surface area contributed by atoms with Crippen molar-refractivity contribution >= 4 is 0 Å². The third-order valence-electron chi connectivity index (χ3n) is 4.06. The Kier molecular flexibility index (Phi) is 3.03. The Labute approximate surface area is 103 Å². The standard InChI is InChI=1S/C15H21FO/c1-11-4-5-12(13(16)10-11)15(17)8-6-14(2,3)7-9-15/h4-5,10,17H,6-9H2,1-3H3. The van der Waals surface area contributed by atoms with Crippen LogP contribution < -0.4 is 0 Å². The minimum absolute atomic E-state index is 0.271. The molecule has 17 heavy (non-hydrogen) atoms. The predicted molar refractivity (Wildman–Crippen MR) is 67.3 cm³/mol. The molecule has 0 heterocycles. The van der Waals surface area contributed by atoms with Gasteiger partial charge in [0.1, 0.15) is 5.82 Å². The van der Waals surface area contributed by atoms with Crippen molar-refractivity contribution in [2.24, 2.45) is 5.41 Å². The largest absolute Gasteiger partial charge is 0.385 e. The lowest BCUT2D eigenvalue weighted by atomic mass is 9.68. The van der Waals surface area contributed by atoms with Gasteiger partial charge >= 0.3 is 0 Å². The molecule has 0 saturated heterocycles. The molecular formula is C15H21FO. The molecule has 1 aromatic rings. The Hall–Kier alpha value is -0.890. The van der Waals surface area contributed by atoms with Crippen LogP contribution in [-0.2, 0) is 5.60 Å². The summed E-state index contributed by atoms with van der Waals surface area (Å²) in [4.78, 5) is 0. The van der Waals surface area contributed by atoms with Crippen molar-refractivity contribution in [1.82, 2.24) is 0 Å². The Bertz CT molecular complexity index is 413. The fraction of sp³-hybridized carbons (Fsp3) is 0.600. The van der Waals surface area contributed by atoms with E-state index in [-0.39, 0.29) is 11.2 Å². The number of hydrogen-bond acceptors (Lipinski definition) is 1. The second kappa shape index (κ2) is 4.09. The normalized spacial score (nSPS) is 22.4. The van der Waals surface area contributed by atoms with Gasteiger partial charge in [0.25, 0.3) is 0 Å². The summed E-state index contributed by atoms with van der Waals surface area (Å²) in [7, 11) is 0. The average Bonchev–Trinajstić information content (AvgIpc) is 2.23. The minimum Gasteiger partial charge on any atom is -0.385 e. The van der Waals surface area contributed by atoms with E-state index in [0.717, 1.165) is 18.4 Å². The number of halogens is 1. The molecule has 0 atom stereocenters. The Balaban J connectivity index is 2.27. The van der Waals surface area contributed by atoms with Crippen LogP contribution in [0.15, 0.2) is 18.2 Å². The molecule has 1 aromatic carbocycles. The van der Waals surface area contributed by atoms with E-state index < -0.39 is 5.60 Å². The van der Waals surface area contributed by atoms with Gasteiger partial charge in [-0.05, 0) is 49.7 Å². The molecule has 0 amide bonds. The van der Waals surface area contributed by atoms with Gasteiger partial charge in [-0.15, -0.1) is 0 Å². The molecule has 1 saturated carbocycles. The molecular weight excluding hydrogens is 215 g/mol. The van der Waals surface area contributed by atoms with Crippen molar-refractivity contribution in [2.45, 2.75) is 52.1 Å². The lowest BCUT2D eigenvalue weighted by molar-refractivity contribution is -0.0331. The molecule has 0 aromatic heterocycles. The molecule has 1 nitrogen and oxygen atoms in total. The average molecular weight is 236 g/mol. The number of hydrogen-bond donors (Lipinski definition) is 1. The highest BCUT2D eigenvalue weighted by Crippen LogP contribution is 2.45. The topological polar surface area (TPSA) is 20.2 Å². The molecule has 2 heteroatoms. The van der Waals surface area contributed by atoms with Crippen LogP contribution in [0.5, 0.6) is 0 Å². The van der Waals surface area contributed by atoms with Crippen LogP contribution in [0.1, 0.15) is 50.7 Å². The molecule has 2 rings (SSSR count). The smallest absolute Gasteiger partial charge is 0.129 e. The first-order chi connectivity index (χ1) is 7.82. The van der Waals surface area contributed by atoms with E-state index in [0.29, 0.717) is 18.4 Å². The molecule has 94 valence electrons. The summed E-state index contributed by atoms with van der Waals surface area (Å²) in [5, 5.41) is 10.6. The van der Waals surface area contributed by atoms with E-state index in [1.54, 1.807) is 6.07 Å². The number of rotatable bonds is 1. The zero-order valence-electron chi connectivity index (χ0n) is 10.9. The Morgan fingerprint density at radius 3 is 2.24 bits per heavy atom. The van der Waals surface area contributed by atoms with Gasteiger partial charge in [0.2, 0.25) is 0 Å². The first-order valence-electron chi connectivity index (χ1n) is 6.31. The Morgan fingerprint density at radius 2 is 1.71 bits per heavy atom. The van der Waals surface area contributed by atoms with Crippen LogP contribution in [0.4, 0.5) is 4.39 Å². The van der Waals surface area contributed by atoms with Crippen LogP contribution >= 0.6 is 0 Å². The molecule has 1 aliphatic carbocycles. The van der Waals surface area contributed by atoms with Crippen molar-refractivity contribution in [3.63, 3.8) is 0 Å². The second-order valence-corrected chi connectivity index (χ2v) is 6.18. The molecule has 0 aliphatic heterocycles. The maximum absolute atomic E-state index is 13.9. The third kappa shape index (κ3) is 2.52. The summed E-state index contributed by atoms with van der Waals surface area (Å²) in [6, 6.07) is 5.12. The lowest BCUT2D eigenvalue weighted by Crippen LogP contribution is -2.35. The van der Waals surface area contributed by atoms with Crippen LogP contribution in [0.2, 0.25) is 0 Å². The molecule has 0 unspecified atom stereocenters. The van der Waals surface area contributed by atoms with Crippen molar-refractivity contribution < 1.29 is 9.50 Å². The fourth-order valence-electron chi connectivity index (χ4n) is 2.61. The van der Waals surface area contributed by atoms with Gasteiger partial charge < -0.3 is 5.11 Å². The van der Waals surface area contributed by atoms with E-state index in [1.807, 2.05) is 13.0 Å². The highest BCUT2D eigenvalue weighted by atomic mass is 19.1. The monoisotopic (exact) mass is 236 g/mol. The minimum atomic E-state index is -0.965. The van der Waals surface area contributed by atoms with Gasteiger partial charge in [-0.25, -0.2) is 4.39 Å². The zero-order valence-corrected chi connectivity index (χ0v) is 10.9. The summed E-state index contributed by atoms with van der Waals surface area (Å²) < 4.78 is 13.9. The van der Waals surface area contributed by atoms with Crippen LogP contribution in [0, 0.1) is 18.2 Å². The van der Waals surface area contributed by atoms with Gasteiger partial charge in [-0.1, -0.05) is 26.0 Å². The van der Waals surface area contributed by atoms with Crippen molar-refractivity contribution in [3.8, 4) is 0 Å². The SMILES string of the molecule is Cc1ccc(C2(O)CCC(C)(C)CC2)c(F)c1. The van der Waals surface area contributed by atoms with Gasteiger partial charge in [0.15, 0.2) is 0 Å². The van der Waals surface area contributed by atoms with E-state index in [4.69, 9.17) is 0 Å². The Morgan fingerprint density at radius 1 is 1.12 bits per heavy atom. The molecule has 1 aliphatic rings. The van der Waals surface area contributed by atoms with Crippen LogP contribution in [0.25, 0.3) is 0 Å². The predicted octanol–water partition coefficient (Wildman–Crippen LogP) is 3.92. The van der Waals surface area contributed by atoms with Gasteiger partial charge in [0, 0.05) is 5.56 Å². The van der Waals surface area contributed by atoms with Crippen molar-refractivity contribution in [2.75, 3.05) is 0 Å². The molecule has 1 fully saturated rings. The van der Waals surface area contributed by atoms with Crippen molar-refractivity contribution in [1.29, 1.82) is 0 Å². The van der Waals surface area contributed by atoms with Gasteiger partial charge in [-0.3, -0.25) is 0 Å². The number of benzene rings is 1. The molecule has 0 bridgehead atoms. The number of aliphatic hydroxyl groups is 1. The highest BCUT2D eigenvalue weighted by Gasteiger charge is 2.39. The molecule has 1 N–H and O–H groups in total. The lowest BCUT2D eigenvalue weighted by Gasteiger charge is -2.40. The quantitative estimate of drug-likeness (QED) is 0.783. The fourth-order valence-corrected chi connectivity index (χ4v) is 2.61. The summed E-state index contributed by atoms with van der Waals surface area (Å²) >= 11 is 0. The van der Waals surface area contributed by atoms with Crippen molar-refractivity contribution in [3.05, 3.63) is 35.1 Å². The zero-order chi connectivity index (χ0) is 12.7. The van der Waals surface area contributed by atoms with Gasteiger partial charge in [-0.2, -0.15) is 0 Å². The van der Waals surface area contributed by atoms with Crippen LogP contribution in [-0.4, -0.2) is 5.11 Å². The summed E-state index contributed by atoms with van der Waals surface area (Å²) in [5.74, 6) is -0.271. The maximum atomic E-state index is 13.9. The van der Waals surface area contributed by atoms with E-state index in [9.17, 15) is 9.50 Å². The first-order valence-corrected chi connectivity index (χ1v) is 6.31. The maximum Gasteiger partial charge on any atom is 0.129 e. The van der Waals surface area contributed by atoms with E-state index in [1.165, 1.54) is 6.07 Å². The van der Waals surface area contributed by atoms with E-state index >= 15 is 0 Å². The molecule has 0 spiro atoms. The third-order valence-corrected chi connectivity index (χ3v) is 4.06. The summed E-state index contributed by atoms with van der Waals surface area (Å²) in [6.07, 6.45) is 3.19. The first kappa shape index (κ1) is 12.6. The summed E-state index contributed by atoms with van der Waals surface area (Å²) in [5.41, 5.74) is 0.672.